The van der Waals surface area contributed by atoms with Crippen LogP contribution in [0.5, 0.6) is 0 Å². The van der Waals surface area contributed by atoms with Crippen molar-refractivity contribution in [2.75, 3.05) is 11.9 Å². The van der Waals surface area contributed by atoms with Crippen molar-refractivity contribution in [2.24, 2.45) is 0 Å². The smallest absolute Gasteiger partial charge is 0.170 e. The number of benzene rings is 1. The molecule has 18 heavy (non-hydrogen) atoms. The van der Waals surface area contributed by atoms with E-state index in [4.69, 9.17) is 16.6 Å². The van der Waals surface area contributed by atoms with Crippen molar-refractivity contribution in [3.63, 3.8) is 0 Å². The zero-order valence-corrected chi connectivity index (χ0v) is 11.1. The predicted molar refractivity (Wildman–Crippen MR) is 77.8 cm³/mol. The second kappa shape index (κ2) is 6.21. The molecule has 0 aliphatic carbocycles. The molecule has 4 heteroatoms. The van der Waals surface area contributed by atoms with Crippen molar-refractivity contribution in [1.29, 1.82) is 0 Å². The minimum Gasteiger partial charge on any atom is -0.469 e. The van der Waals surface area contributed by atoms with Crippen LogP contribution in [0.15, 0.2) is 47.1 Å². The van der Waals surface area contributed by atoms with Gasteiger partial charge in [-0.15, -0.1) is 0 Å². The van der Waals surface area contributed by atoms with Crippen molar-refractivity contribution in [3.8, 4) is 0 Å². The summed E-state index contributed by atoms with van der Waals surface area (Å²) < 4.78 is 5.24. The number of rotatable bonds is 4. The molecule has 0 aliphatic rings. The lowest BCUT2D eigenvalue weighted by molar-refractivity contribution is 0.507. The molecule has 0 radical (unpaired) electrons. The van der Waals surface area contributed by atoms with Gasteiger partial charge in [0.25, 0.3) is 0 Å². The number of nitrogens with one attached hydrogen (secondary N) is 2. The lowest BCUT2D eigenvalue weighted by atomic mass is 10.2. The monoisotopic (exact) mass is 260 g/mol. The SMILES string of the molecule is Cc1ccc(NC(=S)NCCc2ccco2)cc1. The van der Waals surface area contributed by atoms with E-state index in [-0.39, 0.29) is 0 Å². The second-order valence-corrected chi connectivity index (χ2v) is 4.48. The van der Waals surface area contributed by atoms with E-state index in [0.29, 0.717) is 5.11 Å². The van der Waals surface area contributed by atoms with Gasteiger partial charge >= 0.3 is 0 Å². The van der Waals surface area contributed by atoms with E-state index in [1.165, 1.54) is 5.56 Å². The average molecular weight is 260 g/mol. The van der Waals surface area contributed by atoms with Gasteiger partial charge in [-0.05, 0) is 43.4 Å². The topological polar surface area (TPSA) is 37.2 Å². The Labute approximate surface area is 112 Å². The van der Waals surface area contributed by atoms with Gasteiger partial charge in [0, 0.05) is 18.7 Å². The van der Waals surface area contributed by atoms with Crippen LogP contribution in [0, 0.1) is 6.92 Å². The number of furan rings is 1. The molecule has 0 fully saturated rings. The fraction of sp³-hybridized carbons (Fsp3) is 0.214. The Morgan fingerprint density at radius 3 is 2.67 bits per heavy atom. The van der Waals surface area contributed by atoms with Gasteiger partial charge in [-0.3, -0.25) is 0 Å². The van der Waals surface area contributed by atoms with Crippen molar-refractivity contribution < 1.29 is 4.42 Å². The molecule has 0 bridgehead atoms. The molecule has 0 amide bonds. The van der Waals surface area contributed by atoms with Crippen LogP contribution in [0.2, 0.25) is 0 Å². The van der Waals surface area contributed by atoms with Gasteiger partial charge in [0.1, 0.15) is 5.76 Å². The molecule has 2 aromatic rings. The highest BCUT2D eigenvalue weighted by molar-refractivity contribution is 7.80. The molecule has 0 unspecified atom stereocenters. The van der Waals surface area contributed by atoms with Crippen LogP contribution < -0.4 is 10.6 Å². The Morgan fingerprint density at radius 2 is 2.00 bits per heavy atom. The number of thiocarbonyl (C=S) groups is 1. The summed E-state index contributed by atoms with van der Waals surface area (Å²) in [7, 11) is 0. The van der Waals surface area contributed by atoms with Crippen molar-refractivity contribution in [1.82, 2.24) is 5.32 Å². The summed E-state index contributed by atoms with van der Waals surface area (Å²) >= 11 is 5.21. The highest BCUT2D eigenvalue weighted by Gasteiger charge is 1.98. The molecule has 0 aliphatic heterocycles. The first-order valence-corrected chi connectivity index (χ1v) is 6.29. The third-order valence-corrected chi connectivity index (χ3v) is 2.79. The molecule has 1 aromatic carbocycles. The maximum Gasteiger partial charge on any atom is 0.170 e. The van der Waals surface area contributed by atoms with Crippen LogP contribution in [0.4, 0.5) is 5.69 Å². The third-order valence-electron chi connectivity index (χ3n) is 2.55. The molecule has 1 heterocycles. The maximum absolute atomic E-state index is 5.24. The van der Waals surface area contributed by atoms with E-state index in [0.717, 1.165) is 24.4 Å². The van der Waals surface area contributed by atoms with Crippen LogP contribution in [-0.4, -0.2) is 11.7 Å². The number of hydrogen-bond acceptors (Lipinski definition) is 2. The molecule has 0 saturated carbocycles. The van der Waals surface area contributed by atoms with Crippen LogP contribution in [-0.2, 0) is 6.42 Å². The lowest BCUT2D eigenvalue weighted by Gasteiger charge is -2.09. The first-order chi connectivity index (χ1) is 8.74. The quantitative estimate of drug-likeness (QED) is 0.828. The predicted octanol–water partition coefficient (Wildman–Crippen LogP) is 3.12. The van der Waals surface area contributed by atoms with E-state index in [2.05, 4.69) is 17.6 Å². The Balaban J connectivity index is 1.73. The van der Waals surface area contributed by atoms with Gasteiger partial charge < -0.3 is 15.1 Å². The Bertz CT molecular complexity index is 491. The van der Waals surface area contributed by atoms with Gasteiger partial charge in [-0.1, -0.05) is 17.7 Å². The zero-order chi connectivity index (χ0) is 12.8. The molecule has 2 N–H and O–H groups in total. The van der Waals surface area contributed by atoms with E-state index < -0.39 is 0 Å². The third kappa shape index (κ3) is 3.89. The molecule has 1 aromatic heterocycles. The van der Waals surface area contributed by atoms with Crippen molar-refractivity contribution in [2.45, 2.75) is 13.3 Å². The van der Waals surface area contributed by atoms with Gasteiger partial charge in [0.2, 0.25) is 0 Å². The highest BCUT2D eigenvalue weighted by Crippen LogP contribution is 2.08. The van der Waals surface area contributed by atoms with Crippen LogP contribution in [0.3, 0.4) is 0 Å². The average Bonchev–Trinajstić information content (AvgIpc) is 2.85. The highest BCUT2D eigenvalue weighted by atomic mass is 32.1. The first kappa shape index (κ1) is 12.6. The number of anilines is 1. The fourth-order valence-corrected chi connectivity index (χ4v) is 1.79. The molecule has 0 saturated heterocycles. The van der Waals surface area contributed by atoms with Gasteiger partial charge in [-0.2, -0.15) is 0 Å². The number of aryl methyl sites for hydroxylation is 1. The summed E-state index contributed by atoms with van der Waals surface area (Å²) in [4.78, 5) is 0. The molecular weight excluding hydrogens is 244 g/mol. The molecule has 3 nitrogen and oxygen atoms in total. The second-order valence-electron chi connectivity index (χ2n) is 4.08. The molecule has 0 spiro atoms. The zero-order valence-electron chi connectivity index (χ0n) is 10.3. The molecular formula is C14H16N2OS. The largest absolute Gasteiger partial charge is 0.469 e. The molecule has 94 valence electrons. The Kier molecular flexibility index (Phi) is 4.36. The first-order valence-electron chi connectivity index (χ1n) is 5.88. The number of hydrogen-bond donors (Lipinski definition) is 2. The van der Waals surface area contributed by atoms with E-state index in [1.54, 1.807) is 6.26 Å². The maximum atomic E-state index is 5.24. The van der Waals surface area contributed by atoms with Crippen molar-refractivity contribution >= 4 is 23.0 Å². The Morgan fingerprint density at radius 1 is 1.22 bits per heavy atom. The summed E-state index contributed by atoms with van der Waals surface area (Å²) in [5, 5.41) is 6.91. The standard InChI is InChI=1S/C14H16N2OS/c1-11-4-6-12(7-5-11)16-14(18)15-9-8-13-3-2-10-17-13/h2-7,10H,8-9H2,1H3,(H2,15,16,18). The summed E-state index contributed by atoms with van der Waals surface area (Å²) in [5.41, 5.74) is 2.23. The summed E-state index contributed by atoms with van der Waals surface area (Å²) in [6.45, 7) is 2.81. The van der Waals surface area contributed by atoms with E-state index in [1.807, 2.05) is 36.4 Å². The Hall–Kier alpha value is -1.81. The summed E-state index contributed by atoms with van der Waals surface area (Å²) in [6, 6.07) is 12.0. The van der Waals surface area contributed by atoms with E-state index >= 15 is 0 Å². The molecule has 2 rings (SSSR count). The summed E-state index contributed by atoms with van der Waals surface area (Å²) in [5.74, 6) is 0.959. The van der Waals surface area contributed by atoms with Crippen LogP contribution >= 0.6 is 12.2 Å². The minimum atomic E-state index is 0.630. The molecule has 0 atom stereocenters. The van der Waals surface area contributed by atoms with Gasteiger partial charge in [0.05, 0.1) is 6.26 Å². The normalized spacial score (nSPS) is 10.1. The van der Waals surface area contributed by atoms with Gasteiger partial charge in [0.15, 0.2) is 5.11 Å². The fourth-order valence-electron chi connectivity index (χ4n) is 1.57. The van der Waals surface area contributed by atoms with Crippen molar-refractivity contribution in [3.05, 3.63) is 54.0 Å². The van der Waals surface area contributed by atoms with Gasteiger partial charge in [-0.25, -0.2) is 0 Å². The van der Waals surface area contributed by atoms with Crippen LogP contribution in [0.1, 0.15) is 11.3 Å². The van der Waals surface area contributed by atoms with Crippen LogP contribution in [0.25, 0.3) is 0 Å². The summed E-state index contributed by atoms with van der Waals surface area (Å²) in [6.07, 6.45) is 2.50. The lowest BCUT2D eigenvalue weighted by Crippen LogP contribution is -2.30. The van der Waals surface area contributed by atoms with E-state index in [9.17, 15) is 0 Å². The minimum absolute atomic E-state index is 0.630.